The second-order valence-corrected chi connectivity index (χ2v) is 9.16. The number of carbonyl (C=O) groups is 1. The fraction of sp³-hybridized carbons (Fsp3) is 0.174. The van der Waals surface area contributed by atoms with Crippen LogP contribution in [0.15, 0.2) is 60.7 Å². The van der Waals surface area contributed by atoms with Gasteiger partial charge in [-0.1, -0.05) is 30.3 Å². The third kappa shape index (κ3) is 4.06. The van der Waals surface area contributed by atoms with E-state index in [0.29, 0.717) is 11.4 Å². The first-order valence-electron chi connectivity index (χ1n) is 9.98. The van der Waals surface area contributed by atoms with Gasteiger partial charge in [0.1, 0.15) is 11.4 Å². The van der Waals surface area contributed by atoms with Gasteiger partial charge in [0.25, 0.3) is 5.91 Å². The topological polar surface area (TPSA) is 103 Å². The lowest BCUT2D eigenvalue weighted by molar-refractivity contribution is 0.0977. The summed E-state index contributed by atoms with van der Waals surface area (Å²) in [6.45, 7) is 3.33. The van der Waals surface area contributed by atoms with Crippen molar-refractivity contribution >= 4 is 27.0 Å². The Morgan fingerprint density at radius 3 is 2.41 bits per heavy atom. The van der Waals surface area contributed by atoms with Gasteiger partial charge in [0, 0.05) is 0 Å². The number of fused-ring (bicyclic) bond motifs is 1. The molecule has 0 unspecified atom stereocenters. The molecule has 0 saturated carbocycles. The zero-order chi connectivity index (χ0) is 22.9. The summed E-state index contributed by atoms with van der Waals surface area (Å²) in [4.78, 5) is 17.3. The van der Waals surface area contributed by atoms with Gasteiger partial charge in [-0.3, -0.25) is 4.79 Å². The number of benzene rings is 2. The molecule has 1 amide bonds. The second kappa shape index (κ2) is 8.43. The van der Waals surface area contributed by atoms with Crippen molar-refractivity contribution in [3.05, 3.63) is 72.1 Å². The van der Waals surface area contributed by atoms with Crippen molar-refractivity contribution in [1.29, 1.82) is 0 Å². The Bertz CT molecular complexity index is 1400. The first kappa shape index (κ1) is 21.5. The number of rotatable bonds is 6. The van der Waals surface area contributed by atoms with Crippen LogP contribution in [0.5, 0.6) is 5.75 Å². The molecule has 32 heavy (non-hydrogen) atoms. The lowest BCUT2D eigenvalue weighted by atomic mass is 10.0. The van der Waals surface area contributed by atoms with Gasteiger partial charge in [0.15, 0.2) is 5.65 Å². The normalized spacial score (nSPS) is 11.5. The molecule has 0 fully saturated rings. The number of sulfonamides is 1. The highest BCUT2D eigenvalue weighted by molar-refractivity contribution is 7.90. The van der Waals surface area contributed by atoms with E-state index >= 15 is 0 Å². The molecule has 2 aromatic heterocycles. The van der Waals surface area contributed by atoms with Crippen molar-refractivity contribution in [2.24, 2.45) is 0 Å². The molecule has 0 saturated heterocycles. The monoisotopic (exact) mass is 450 g/mol. The van der Waals surface area contributed by atoms with Gasteiger partial charge in [-0.25, -0.2) is 22.8 Å². The molecule has 1 N–H and O–H groups in total. The molecule has 2 heterocycles. The van der Waals surface area contributed by atoms with Crippen molar-refractivity contribution < 1.29 is 17.9 Å². The third-order valence-corrected chi connectivity index (χ3v) is 6.33. The Balaban J connectivity index is 1.98. The van der Waals surface area contributed by atoms with Crippen LogP contribution in [0.3, 0.4) is 0 Å². The van der Waals surface area contributed by atoms with Crippen molar-refractivity contribution in [2.45, 2.75) is 13.8 Å². The Kier molecular flexibility index (Phi) is 5.67. The Labute approximate surface area is 185 Å². The van der Waals surface area contributed by atoms with E-state index in [1.807, 2.05) is 61.5 Å². The van der Waals surface area contributed by atoms with Gasteiger partial charge in [-0.15, -0.1) is 0 Å². The molecule has 0 atom stereocenters. The van der Waals surface area contributed by atoms with Gasteiger partial charge in [0.2, 0.25) is 10.0 Å². The minimum absolute atomic E-state index is 0.0163. The number of amides is 1. The first-order valence-corrected chi connectivity index (χ1v) is 11.6. The van der Waals surface area contributed by atoms with E-state index in [9.17, 15) is 13.2 Å². The lowest BCUT2D eigenvalue weighted by Gasteiger charge is -2.10. The van der Waals surface area contributed by atoms with Crippen molar-refractivity contribution in [3.8, 4) is 22.6 Å². The molecular weight excluding hydrogens is 428 g/mol. The maximum absolute atomic E-state index is 12.8. The van der Waals surface area contributed by atoms with Crippen molar-refractivity contribution in [1.82, 2.24) is 19.5 Å². The molecule has 0 aliphatic carbocycles. The lowest BCUT2D eigenvalue weighted by Crippen LogP contribution is -2.32. The van der Waals surface area contributed by atoms with Gasteiger partial charge in [-0.2, -0.15) is 5.10 Å². The van der Waals surface area contributed by atoms with Gasteiger partial charge in [-0.05, 0) is 55.3 Å². The van der Waals surface area contributed by atoms with Gasteiger partial charge < -0.3 is 4.74 Å². The van der Waals surface area contributed by atoms with Crippen LogP contribution >= 0.6 is 0 Å². The number of hydrogen-bond donors (Lipinski definition) is 1. The second-order valence-electron chi connectivity index (χ2n) is 7.15. The fourth-order valence-corrected chi connectivity index (χ4v) is 3.95. The Hall–Kier alpha value is -3.72. The molecule has 9 heteroatoms. The number of carbonyl (C=O) groups excluding carboxylic acids is 1. The number of nitrogens with one attached hydrogen (secondary N) is 1. The average molecular weight is 451 g/mol. The molecule has 0 aliphatic rings. The van der Waals surface area contributed by atoms with Crippen LogP contribution in [0.25, 0.3) is 27.8 Å². The van der Waals surface area contributed by atoms with Crippen LogP contribution < -0.4 is 9.46 Å². The molecule has 4 rings (SSSR count). The molecule has 2 aromatic carbocycles. The maximum Gasteiger partial charge on any atom is 0.283 e. The number of para-hydroxylation sites is 1. The zero-order valence-electron chi connectivity index (χ0n) is 17.9. The highest BCUT2D eigenvalue weighted by Crippen LogP contribution is 2.33. The van der Waals surface area contributed by atoms with E-state index in [0.717, 1.165) is 27.9 Å². The third-order valence-electron chi connectivity index (χ3n) is 5.08. The van der Waals surface area contributed by atoms with Crippen LogP contribution in [-0.2, 0) is 10.0 Å². The van der Waals surface area contributed by atoms with E-state index in [4.69, 9.17) is 4.74 Å². The Morgan fingerprint density at radius 2 is 1.78 bits per heavy atom. The van der Waals surface area contributed by atoms with E-state index in [1.165, 1.54) is 6.92 Å². The fourth-order valence-electron chi connectivity index (χ4n) is 3.42. The van der Waals surface area contributed by atoms with Gasteiger partial charge in [0.05, 0.1) is 29.6 Å². The Morgan fingerprint density at radius 1 is 1.09 bits per heavy atom. The van der Waals surface area contributed by atoms with Crippen LogP contribution in [-0.4, -0.2) is 42.0 Å². The van der Waals surface area contributed by atoms with Crippen LogP contribution in [0.1, 0.15) is 23.1 Å². The van der Waals surface area contributed by atoms with E-state index in [2.05, 4.69) is 14.8 Å². The predicted molar refractivity (Wildman–Crippen MR) is 123 cm³/mol. The van der Waals surface area contributed by atoms with Crippen LogP contribution in [0.2, 0.25) is 0 Å². The molecule has 0 aliphatic heterocycles. The number of aromatic nitrogens is 3. The summed E-state index contributed by atoms with van der Waals surface area (Å²) in [6, 6.07) is 18.4. The minimum Gasteiger partial charge on any atom is -0.497 e. The number of methoxy groups -OCH3 is 1. The summed E-state index contributed by atoms with van der Waals surface area (Å²) in [5.74, 6) is -0.308. The highest BCUT2D eigenvalue weighted by atomic mass is 32.2. The molecular formula is C23H22N4O4S. The summed E-state index contributed by atoms with van der Waals surface area (Å²) >= 11 is 0. The first-order chi connectivity index (χ1) is 15.3. The number of hydrogen-bond acceptors (Lipinski definition) is 6. The summed E-state index contributed by atoms with van der Waals surface area (Å²) in [5.41, 5.74) is 3.49. The quantitative estimate of drug-likeness (QED) is 0.482. The molecule has 8 nitrogen and oxygen atoms in total. The molecule has 0 spiro atoms. The van der Waals surface area contributed by atoms with E-state index in [-0.39, 0.29) is 11.4 Å². The van der Waals surface area contributed by atoms with Crippen LogP contribution in [0.4, 0.5) is 0 Å². The summed E-state index contributed by atoms with van der Waals surface area (Å²) in [6.07, 6.45) is 0. The SMILES string of the molecule is CCS(=O)(=O)NC(=O)c1cc(-c2ccc(OC)cc2)c2c(C)nn(-c3ccccc3)c2n1. The van der Waals surface area contributed by atoms with Gasteiger partial charge >= 0.3 is 0 Å². The molecule has 4 aromatic rings. The largest absolute Gasteiger partial charge is 0.497 e. The molecule has 0 bridgehead atoms. The molecule has 0 radical (unpaired) electrons. The van der Waals surface area contributed by atoms with Crippen molar-refractivity contribution in [3.63, 3.8) is 0 Å². The summed E-state index contributed by atoms with van der Waals surface area (Å²) in [7, 11) is -2.15. The minimum atomic E-state index is -3.74. The number of nitrogens with zero attached hydrogens (tertiary/aromatic N) is 3. The van der Waals surface area contributed by atoms with Crippen molar-refractivity contribution in [2.75, 3.05) is 12.9 Å². The smallest absolute Gasteiger partial charge is 0.283 e. The highest BCUT2D eigenvalue weighted by Gasteiger charge is 2.22. The number of ether oxygens (including phenoxy) is 1. The standard InChI is InChI=1S/C23H22N4O4S/c1-4-32(29,30)26-23(28)20-14-19(16-10-12-18(31-3)13-11-16)21-15(2)25-27(22(21)24-20)17-8-6-5-7-9-17/h5-14H,4H2,1-3H3,(H,26,28). The summed E-state index contributed by atoms with van der Waals surface area (Å²) < 4.78 is 32.9. The van der Waals surface area contributed by atoms with E-state index in [1.54, 1.807) is 17.9 Å². The van der Waals surface area contributed by atoms with E-state index < -0.39 is 15.9 Å². The zero-order valence-corrected chi connectivity index (χ0v) is 18.7. The predicted octanol–water partition coefficient (Wildman–Crippen LogP) is 3.48. The number of aryl methyl sites for hydroxylation is 1. The van der Waals surface area contributed by atoms with Crippen LogP contribution in [0, 0.1) is 6.92 Å². The molecule has 164 valence electrons. The average Bonchev–Trinajstić information content (AvgIpc) is 3.15. The summed E-state index contributed by atoms with van der Waals surface area (Å²) in [5, 5.41) is 5.42. The number of pyridine rings is 1. The maximum atomic E-state index is 12.8.